The third-order valence-electron chi connectivity index (χ3n) is 4.23. The van der Waals surface area contributed by atoms with Crippen molar-refractivity contribution in [3.63, 3.8) is 0 Å². The summed E-state index contributed by atoms with van der Waals surface area (Å²) in [7, 11) is 0. The summed E-state index contributed by atoms with van der Waals surface area (Å²) >= 11 is 5.99. The maximum absolute atomic E-state index is 14.0. The lowest BCUT2D eigenvalue weighted by molar-refractivity contribution is -0.237. The van der Waals surface area contributed by atoms with E-state index < -0.39 is 36.2 Å². The van der Waals surface area contributed by atoms with Crippen molar-refractivity contribution in [2.24, 2.45) is 0 Å². The van der Waals surface area contributed by atoms with Gasteiger partial charge in [-0.25, -0.2) is 14.2 Å². The number of halogens is 5. The molecule has 1 fully saturated rings. The topological polar surface area (TPSA) is 99.2 Å². The third-order valence-corrected chi connectivity index (χ3v) is 4.49. The van der Waals surface area contributed by atoms with Crippen LogP contribution in [0.4, 0.5) is 23.2 Å². The van der Waals surface area contributed by atoms with Crippen LogP contribution in [0.1, 0.15) is 0 Å². The highest BCUT2D eigenvalue weighted by molar-refractivity contribution is 6.29. The van der Waals surface area contributed by atoms with Gasteiger partial charge in [-0.15, -0.1) is 0 Å². The molecule has 142 valence electrons. The predicted molar refractivity (Wildman–Crippen MR) is 86.8 cm³/mol. The van der Waals surface area contributed by atoms with Crippen molar-refractivity contribution < 1.29 is 17.6 Å². The molecular formula is C14H9ClF4N6O2. The van der Waals surface area contributed by atoms with Crippen molar-refractivity contribution in [2.45, 2.75) is 11.8 Å². The highest BCUT2D eigenvalue weighted by atomic mass is 35.5. The molecule has 0 aromatic carbocycles. The minimum absolute atomic E-state index is 0.0123. The first-order valence-electron chi connectivity index (χ1n) is 7.46. The van der Waals surface area contributed by atoms with Gasteiger partial charge in [0.1, 0.15) is 5.69 Å². The van der Waals surface area contributed by atoms with Crippen LogP contribution in [0.5, 0.6) is 0 Å². The number of hydrogen-bond donors (Lipinski definition) is 2. The maximum atomic E-state index is 14.0. The monoisotopic (exact) mass is 404 g/mol. The standard InChI is InChI=1S/C14H9ClF4N6O2/c15-9-3-20-10-8(24-4-13(16,5-24)14(17,18)19)1-7(23-25(9)10)6-2-21-12(27)22-11(6)26/h1-3H,4-5H2,(H2,21,22,26,27). The van der Waals surface area contributed by atoms with Crippen LogP contribution in [0.2, 0.25) is 5.15 Å². The Labute approximate surface area is 151 Å². The van der Waals surface area contributed by atoms with E-state index in [1.165, 1.54) is 12.3 Å². The molecule has 8 nitrogen and oxygen atoms in total. The highest BCUT2D eigenvalue weighted by Crippen LogP contribution is 2.44. The van der Waals surface area contributed by atoms with Gasteiger partial charge in [0.15, 0.2) is 10.8 Å². The van der Waals surface area contributed by atoms with Crippen molar-refractivity contribution in [1.82, 2.24) is 24.6 Å². The number of aromatic nitrogens is 5. The van der Waals surface area contributed by atoms with Crippen molar-refractivity contribution in [2.75, 3.05) is 18.0 Å². The summed E-state index contributed by atoms with van der Waals surface area (Å²) in [5.41, 5.74) is -4.64. The summed E-state index contributed by atoms with van der Waals surface area (Å²) in [5, 5.41) is 4.16. The maximum Gasteiger partial charge on any atom is 0.426 e. The van der Waals surface area contributed by atoms with E-state index in [0.29, 0.717) is 0 Å². The number of H-pyrrole nitrogens is 2. The fourth-order valence-corrected chi connectivity index (χ4v) is 2.96. The van der Waals surface area contributed by atoms with Crippen molar-refractivity contribution in [1.29, 1.82) is 0 Å². The van der Waals surface area contributed by atoms with Gasteiger partial charge in [-0.2, -0.15) is 22.8 Å². The van der Waals surface area contributed by atoms with E-state index in [-0.39, 0.29) is 27.7 Å². The quantitative estimate of drug-likeness (QED) is 0.631. The molecule has 0 radical (unpaired) electrons. The minimum atomic E-state index is -5.00. The first-order valence-corrected chi connectivity index (χ1v) is 7.84. The molecule has 3 aromatic heterocycles. The molecule has 1 aliphatic heterocycles. The van der Waals surface area contributed by atoms with Gasteiger partial charge in [-0.05, 0) is 6.07 Å². The molecule has 0 unspecified atom stereocenters. The van der Waals surface area contributed by atoms with Gasteiger partial charge in [0.05, 0.1) is 30.5 Å². The number of imidazole rings is 1. The van der Waals surface area contributed by atoms with Crippen LogP contribution in [-0.4, -0.2) is 49.5 Å². The Morgan fingerprint density at radius 2 is 1.96 bits per heavy atom. The fraction of sp³-hybridized carbons (Fsp3) is 0.286. The van der Waals surface area contributed by atoms with E-state index in [2.05, 4.69) is 15.1 Å². The number of fused-ring (bicyclic) bond motifs is 1. The van der Waals surface area contributed by atoms with E-state index in [1.54, 1.807) is 0 Å². The van der Waals surface area contributed by atoms with Crippen LogP contribution in [0.25, 0.3) is 16.9 Å². The average Bonchev–Trinajstić information content (AvgIpc) is 2.91. The molecule has 4 rings (SSSR count). The minimum Gasteiger partial charge on any atom is -0.361 e. The zero-order chi connectivity index (χ0) is 19.6. The number of aromatic amines is 2. The SMILES string of the molecule is O=c1[nH]cc(-c2cc(N3CC(F)(C(F)(F)F)C3)c3ncc(Cl)n3n2)c(=O)[nH]1. The summed E-state index contributed by atoms with van der Waals surface area (Å²) in [5.74, 6) is 0. The predicted octanol–water partition coefficient (Wildman–Crippen LogP) is 1.52. The number of rotatable bonds is 2. The van der Waals surface area contributed by atoms with Crippen LogP contribution < -0.4 is 16.1 Å². The largest absolute Gasteiger partial charge is 0.426 e. The van der Waals surface area contributed by atoms with Crippen LogP contribution >= 0.6 is 11.6 Å². The van der Waals surface area contributed by atoms with Crippen molar-refractivity contribution in [3.8, 4) is 11.3 Å². The van der Waals surface area contributed by atoms with Gasteiger partial charge in [0, 0.05) is 6.20 Å². The van der Waals surface area contributed by atoms with Gasteiger partial charge >= 0.3 is 11.9 Å². The zero-order valence-corrected chi connectivity index (χ0v) is 13.9. The zero-order valence-electron chi connectivity index (χ0n) is 13.1. The molecule has 3 aromatic rings. The summed E-state index contributed by atoms with van der Waals surface area (Å²) in [6, 6.07) is 1.29. The van der Waals surface area contributed by atoms with E-state index in [0.717, 1.165) is 15.6 Å². The molecule has 1 aliphatic rings. The van der Waals surface area contributed by atoms with Gasteiger partial charge < -0.3 is 9.88 Å². The second-order valence-electron chi connectivity index (χ2n) is 6.04. The van der Waals surface area contributed by atoms with Gasteiger partial charge in [-0.3, -0.25) is 9.78 Å². The van der Waals surface area contributed by atoms with Crippen LogP contribution in [-0.2, 0) is 0 Å². The number of anilines is 1. The normalized spacial score (nSPS) is 16.6. The van der Waals surface area contributed by atoms with E-state index >= 15 is 0 Å². The number of alkyl halides is 4. The number of nitrogens with zero attached hydrogens (tertiary/aromatic N) is 4. The Morgan fingerprint density at radius 3 is 2.59 bits per heavy atom. The third kappa shape index (κ3) is 2.67. The van der Waals surface area contributed by atoms with Crippen LogP contribution in [0.15, 0.2) is 28.0 Å². The van der Waals surface area contributed by atoms with Crippen molar-refractivity contribution in [3.05, 3.63) is 44.5 Å². The average molecular weight is 405 g/mol. The molecule has 2 N–H and O–H groups in total. The lowest BCUT2D eigenvalue weighted by atomic mass is 9.95. The molecule has 27 heavy (non-hydrogen) atoms. The summed E-state index contributed by atoms with van der Waals surface area (Å²) in [6.45, 7) is -1.86. The number of hydrogen-bond acceptors (Lipinski definition) is 5. The summed E-state index contributed by atoms with van der Waals surface area (Å²) in [4.78, 5) is 32.6. The molecule has 0 saturated carbocycles. The number of nitrogens with one attached hydrogen (secondary N) is 2. The molecule has 13 heteroatoms. The van der Waals surface area contributed by atoms with Gasteiger partial charge in [0.25, 0.3) is 5.56 Å². The second-order valence-corrected chi connectivity index (χ2v) is 6.42. The lowest BCUT2D eigenvalue weighted by Gasteiger charge is -2.46. The Kier molecular flexibility index (Phi) is 3.60. The first kappa shape index (κ1) is 17.5. The molecule has 0 bridgehead atoms. The van der Waals surface area contributed by atoms with Crippen molar-refractivity contribution >= 4 is 22.9 Å². The van der Waals surface area contributed by atoms with Gasteiger partial charge in [0.2, 0.25) is 5.67 Å². The molecule has 0 atom stereocenters. The first-order chi connectivity index (χ1) is 12.6. The molecular weight excluding hydrogens is 396 g/mol. The molecule has 0 amide bonds. The Bertz CT molecular complexity index is 1160. The molecule has 4 heterocycles. The van der Waals surface area contributed by atoms with E-state index in [9.17, 15) is 27.2 Å². The Balaban J connectivity index is 1.84. The smallest absolute Gasteiger partial charge is 0.361 e. The van der Waals surface area contributed by atoms with Crippen LogP contribution in [0, 0.1) is 0 Å². The Hall–Kier alpha value is -2.89. The second kappa shape index (κ2) is 5.55. The van der Waals surface area contributed by atoms with E-state index in [1.807, 2.05) is 4.98 Å². The highest BCUT2D eigenvalue weighted by Gasteiger charge is 2.63. The molecule has 0 aliphatic carbocycles. The van der Waals surface area contributed by atoms with Gasteiger partial charge in [-0.1, -0.05) is 11.6 Å². The summed E-state index contributed by atoms with van der Waals surface area (Å²) < 4.78 is 53.4. The lowest BCUT2D eigenvalue weighted by Crippen LogP contribution is -2.66. The molecule has 1 saturated heterocycles. The van der Waals surface area contributed by atoms with E-state index in [4.69, 9.17) is 11.6 Å². The fourth-order valence-electron chi connectivity index (χ4n) is 2.80. The Morgan fingerprint density at radius 1 is 1.26 bits per heavy atom. The summed E-state index contributed by atoms with van der Waals surface area (Å²) in [6.07, 6.45) is -2.67. The molecule has 0 spiro atoms. The van der Waals surface area contributed by atoms with Crippen LogP contribution in [0.3, 0.4) is 0 Å².